The third-order valence-electron chi connectivity index (χ3n) is 2.14. The van der Waals surface area contributed by atoms with E-state index in [1.54, 1.807) is 0 Å². The number of hydrogen-bond acceptors (Lipinski definition) is 4. The molecule has 0 aliphatic rings. The number of unbranched alkanes of at least 4 members (excludes halogenated alkanes) is 1. The summed E-state index contributed by atoms with van der Waals surface area (Å²) in [4.78, 5) is 9.67. The first-order chi connectivity index (χ1) is 8.49. The van der Waals surface area contributed by atoms with Crippen molar-refractivity contribution in [2.75, 3.05) is 6.54 Å². The molecule has 1 aromatic rings. The second-order valence-corrected chi connectivity index (χ2v) is 5.17. The van der Waals surface area contributed by atoms with E-state index in [4.69, 9.17) is 6.42 Å². The maximum absolute atomic E-state index is 11.9. The quantitative estimate of drug-likeness (QED) is 0.364. The molecule has 0 saturated carbocycles. The largest absolute Gasteiger partial charge is 0.289 e. The van der Waals surface area contributed by atoms with Crippen molar-refractivity contribution in [3.8, 4) is 12.3 Å². The summed E-state index contributed by atoms with van der Waals surface area (Å²) < 4.78 is 26.0. The summed E-state index contributed by atoms with van der Waals surface area (Å²) in [5.41, 5.74) is -0.443. The van der Waals surface area contributed by atoms with E-state index in [2.05, 4.69) is 10.6 Å². The van der Waals surface area contributed by atoms with Crippen LogP contribution in [0, 0.1) is 22.5 Å². The SMILES string of the molecule is C#CCCCNS(=O)(=O)c1ccccc1[N+](=O)[O-]. The summed E-state index contributed by atoms with van der Waals surface area (Å²) in [6.07, 6.45) is 5.96. The van der Waals surface area contributed by atoms with Gasteiger partial charge in [0.2, 0.25) is 10.0 Å². The minimum Gasteiger partial charge on any atom is -0.258 e. The molecule has 0 atom stereocenters. The Morgan fingerprint density at radius 1 is 1.39 bits per heavy atom. The molecule has 0 bridgehead atoms. The monoisotopic (exact) mass is 268 g/mol. The number of nitro groups is 1. The van der Waals surface area contributed by atoms with E-state index in [0.29, 0.717) is 12.8 Å². The molecule has 1 rings (SSSR count). The van der Waals surface area contributed by atoms with E-state index in [0.717, 1.165) is 6.07 Å². The van der Waals surface area contributed by atoms with Crippen molar-refractivity contribution < 1.29 is 13.3 Å². The van der Waals surface area contributed by atoms with Crippen LogP contribution in [0.1, 0.15) is 12.8 Å². The van der Waals surface area contributed by atoms with Crippen LogP contribution in [0.3, 0.4) is 0 Å². The van der Waals surface area contributed by atoms with E-state index in [-0.39, 0.29) is 11.4 Å². The second kappa shape index (κ2) is 6.14. The first kappa shape index (κ1) is 14.2. The summed E-state index contributed by atoms with van der Waals surface area (Å²) in [6, 6.07) is 5.19. The highest BCUT2D eigenvalue weighted by Crippen LogP contribution is 2.22. The van der Waals surface area contributed by atoms with Crippen molar-refractivity contribution in [3.63, 3.8) is 0 Å². The molecular weight excluding hydrogens is 256 g/mol. The van der Waals surface area contributed by atoms with Gasteiger partial charge in [0.15, 0.2) is 4.90 Å². The number of nitrogens with zero attached hydrogens (tertiary/aromatic N) is 1. The van der Waals surface area contributed by atoms with Gasteiger partial charge in [-0.25, -0.2) is 13.1 Å². The smallest absolute Gasteiger partial charge is 0.258 e. The lowest BCUT2D eigenvalue weighted by Crippen LogP contribution is -2.25. The number of hydrogen-bond donors (Lipinski definition) is 1. The Kier molecular flexibility index (Phi) is 4.83. The topological polar surface area (TPSA) is 89.3 Å². The molecule has 0 aromatic heterocycles. The summed E-state index contributed by atoms with van der Waals surface area (Å²) in [5, 5.41) is 10.7. The van der Waals surface area contributed by atoms with Gasteiger partial charge in [-0.1, -0.05) is 12.1 Å². The molecule has 0 amide bonds. The second-order valence-electron chi connectivity index (χ2n) is 3.43. The molecule has 1 N–H and O–H groups in total. The van der Waals surface area contributed by atoms with E-state index in [1.165, 1.54) is 18.2 Å². The fourth-order valence-electron chi connectivity index (χ4n) is 1.31. The summed E-state index contributed by atoms with van der Waals surface area (Å²) in [6.45, 7) is 0.151. The number of para-hydroxylation sites is 1. The summed E-state index contributed by atoms with van der Waals surface area (Å²) >= 11 is 0. The third kappa shape index (κ3) is 3.55. The van der Waals surface area contributed by atoms with Gasteiger partial charge in [0, 0.05) is 19.0 Å². The van der Waals surface area contributed by atoms with E-state index in [9.17, 15) is 18.5 Å². The van der Waals surface area contributed by atoms with Gasteiger partial charge in [-0.05, 0) is 12.5 Å². The molecule has 0 aliphatic carbocycles. The van der Waals surface area contributed by atoms with Crippen molar-refractivity contribution >= 4 is 15.7 Å². The lowest BCUT2D eigenvalue weighted by Gasteiger charge is -2.06. The molecule has 0 heterocycles. The van der Waals surface area contributed by atoms with Gasteiger partial charge in [-0.15, -0.1) is 12.3 Å². The molecule has 18 heavy (non-hydrogen) atoms. The molecule has 6 nitrogen and oxygen atoms in total. The number of nitro benzene ring substituents is 1. The maximum Gasteiger partial charge on any atom is 0.289 e. The molecule has 96 valence electrons. The van der Waals surface area contributed by atoms with Crippen LogP contribution in [0.25, 0.3) is 0 Å². The molecule has 1 aromatic carbocycles. The molecule has 0 saturated heterocycles. The number of benzene rings is 1. The number of sulfonamides is 1. The van der Waals surface area contributed by atoms with Crippen molar-refractivity contribution in [2.45, 2.75) is 17.7 Å². The number of nitrogens with one attached hydrogen (secondary N) is 1. The van der Waals surface area contributed by atoms with Crippen LogP contribution in [0.5, 0.6) is 0 Å². The van der Waals surface area contributed by atoms with Gasteiger partial charge < -0.3 is 0 Å². The third-order valence-corrected chi connectivity index (χ3v) is 3.65. The van der Waals surface area contributed by atoms with Crippen molar-refractivity contribution in [3.05, 3.63) is 34.4 Å². The van der Waals surface area contributed by atoms with Crippen LogP contribution >= 0.6 is 0 Å². The Bertz CT molecular complexity index is 575. The van der Waals surface area contributed by atoms with Gasteiger partial charge in [-0.3, -0.25) is 10.1 Å². The zero-order valence-electron chi connectivity index (χ0n) is 9.50. The van der Waals surface area contributed by atoms with Crippen LogP contribution in [0.2, 0.25) is 0 Å². The highest BCUT2D eigenvalue weighted by molar-refractivity contribution is 7.89. The van der Waals surface area contributed by atoms with Crippen LogP contribution in [-0.4, -0.2) is 19.9 Å². The molecule has 0 aliphatic heterocycles. The summed E-state index contributed by atoms with van der Waals surface area (Å²) in [5.74, 6) is 2.38. The standard InChI is InChI=1S/C11H12N2O4S/c1-2-3-6-9-12-18(16,17)11-8-5-4-7-10(11)13(14)15/h1,4-5,7-8,12H,3,6,9H2. The van der Waals surface area contributed by atoms with Crippen LogP contribution in [-0.2, 0) is 10.0 Å². The first-order valence-corrected chi connectivity index (χ1v) is 6.64. The Hall–Kier alpha value is -1.91. The lowest BCUT2D eigenvalue weighted by molar-refractivity contribution is -0.387. The summed E-state index contributed by atoms with van der Waals surface area (Å²) in [7, 11) is -3.88. The van der Waals surface area contributed by atoms with Gasteiger partial charge in [0.25, 0.3) is 5.69 Å². The van der Waals surface area contributed by atoms with Crippen LogP contribution in [0.15, 0.2) is 29.2 Å². The Balaban J connectivity index is 2.92. The average Bonchev–Trinajstić information content (AvgIpc) is 2.35. The predicted octanol–water partition coefficient (Wildman–Crippen LogP) is 1.29. The van der Waals surface area contributed by atoms with Crippen molar-refractivity contribution in [2.24, 2.45) is 0 Å². The van der Waals surface area contributed by atoms with Gasteiger partial charge in [-0.2, -0.15) is 0 Å². The molecular formula is C11H12N2O4S. The zero-order valence-corrected chi connectivity index (χ0v) is 10.3. The maximum atomic E-state index is 11.9. The Labute approximate surface area is 105 Å². The zero-order chi connectivity index (χ0) is 13.6. The van der Waals surface area contributed by atoms with Crippen molar-refractivity contribution in [1.29, 1.82) is 0 Å². The molecule has 7 heteroatoms. The van der Waals surface area contributed by atoms with Crippen LogP contribution in [0.4, 0.5) is 5.69 Å². The van der Waals surface area contributed by atoms with Gasteiger partial charge in [0.1, 0.15) is 0 Å². The minimum absolute atomic E-state index is 0.151. The lowest BCUT2D eigenvalue weighted by atomic mass is 10.3. The minimum atomic E-state index is -3.88. The predicted molar refractivity (Wildman–Crippen MR) is 66.4 cm³/mol. The Morgan fingerprint density at radius 2 is 2.06 bits per heavy atom. The van der Waals surface area contributed by atoms with Crippen LogP contribution < -0.4 is 4.72 Å². The highest BCUT2D eigenvalue weighted by Gasteiger charge is 2.24. The van der Waals surface area contributed by atoms with E-state index < -0.39 is 20.6 Å². The number of terminal acetylenes is 1. The van der Waals surface area contributed by atoms with Crippen molar-refractivity contribution in [1.82, 2.24) is 4.72 Å². The first-order valence-electron chi connectivity index (χ1n) is 5.15. The van der Waals surface area contributed by atoms with E-state index in [1.807, 2.05) is 0 Å². The normalized spacial score (nSPS) is 10.8. The van der Waals surface area contributed by atoms with Gasteiger partial charge >= 0.3 is 0 Å². The van der Waals surface area contributed by atoms with E-state index >= 15 is 0 Å². The van der Waals surface area contributed by atoms with Gasteiger partial charge in [0.05, 0.1) is 4.92 Å². The fraction of sp³-hybridized carbons (Fsp3) is 0.273. The fourth-order valence-corrected chi connectivity index (χ4v) is 2.55. The number of rotatable bonds is 6. The molecule has 0 radical (unpaired) electrons. The average molecular weight is 268 g/mol. The highest BCUT2D eigenvalue weighted by atomic mass is 32.2. The molecule has 0 unspecified atom stereocenters. The molecule has 0 fully saturated rings. The molecule has 0 spiro atoms. The Morgan fingerprint density at radius 3 is 2.67 bits per heavy atom.